The minimum absolute atomic E-state index is 0.0735. The summed E-state index contributed by atoms with van der Waals surface area (Å²) in [4.78, 5) is 27.0. The van der Waals surface area contributed by atoms with Gasteiger partial charge in [0.2, 0.25) is 10.0 Å². The number of carbonyl (C=O) groups excluding carboxylic acids is 2. The molecule has 2 bridgehead atoms. The summed E-state index contributed by atoms with van der Waals surface area (Å²) in [5.41, 5.74) is 6.49. The van der Waals surface area contributed by atoms with Crippen LogP contribution in [0.2, 0.25) is 5.82 Å². The molecule has 15 heteroatoms. The third kappa shape index (κ3) is 7.57. The van der Waals surface area contributed by atoms with E-state index in [-0.39, 0.29) is 41.7 Å². The number of ether oxygens (including phenoxy) is 2. The smallest absolute Gasteiger partial charge is 0.461 e. The number of ketones is 1. The molecule has 2 aromatic carbocycles. The van der Waals surface area contributed by atoms with Crippen LogP contribution in [0.3, 0.4) is 0 Å². The van der Waals surface area contributed by atoms with Gasteiger partial charge in [-0.2, -0.15) is 0 Å². The predicted molar refractivity (Wildman–Crippen MR) is 190 cm³/mol. The average Bonchev–Trinajstić information content (AvgIpc) is 3.65. The fourth-order valence-corrected chi connectivity index (χ4v) is 9.06. The van der Waals surface area contributed by atoms with Crippen molar-refractivity contribution < 1.29 is 36.8 Å². The maximum Gasteiger partial charge on any atom is 0.461 e. The van der Waals surface area contributed by atoms with Crippen LogP contribution in [0, 0.1) is 17.3 Å². The van der Waals surface area contributed by atoms with Crippen LogP contribution in [0.5, 0.6) is 5.75 Å². The molecule has 1 aliphatic heterocycles. The van der Waals surface area contributed by atoms with E-state index in [2.05, 4.69) is 35.8 Å². The van der Waals surface area contributed by atoms with Crippen molar-refractivity contribution in [1.29, 1.82) is 0 Å². The van der Waals surface area contributed by atoms with Crippen molar-refractivity contribution in [2.75, 3.05) is 12.8 Å². The molecule has 7 rings (SSSR count). The predicted octanol–water partition coefficient (Wildman–Crippen LogP) is 4.60. The van der Waals surface area contributed by atoms with Crippen molar-refractivity contribution in [3.63, 3.8) is 0 Å². The first-order valence-electron chi connectivity index (χ1n) is 17.4. The number of nitrogens with two attached hydrogens (primary N) is 1. The Hall–Kier alpha value is -3.79. The Labute approximate surface area is 300 Å². The molecule has 51 heavy (non-hydrogen) atoms. The van der Waals surface area contributed by atoms with Gasteiger partial charge in [0.1, 0.15) is 23.5 Å². The zero-order valence-electron chi connectivity index (χ0n) is 30.3. The van der Waals surface area contributed by atoms with E-state index in [4.69, 9.17) is 24.5 Å². The van der Waals surface area contributed by atoms with Gasteiger partial charge in [-0.05, 0) is 100 Å². The second kappa shape index (κ2) is 13.6. The molecule has 3 aliphatic carbocycles. The minimum Gasteiger partial charge on any atom is -0.496 e. The second-order valence-electron chi connectivity index (χ2n) is 15.8. The van der Waals surface area contributed by atoms with E-state index in [9.17, 15) is 18.0 Å². The van der Waals surface area contributed by atoms with Crippen LogP contribution in [0.15, 0.2) is 53.6 Å². The summed E-state index contributed by atoms with van der Waals surface area (Å²) in [6.45, 7) is 12.0. The SMILES string of the molecule is COc1c(C[C@H](CC(=O)Cn2cc(CNS(=O)(=O)c3ccc(N)cc3)nn2)B2O[C@@H]3C[C@@H]4C[C@@H](C4(C)C)[C@]3(C)O2)cccc1C(=O)OC(C)(C)C. The van der Waals surface area contributed by atoms with Crippen LogP contribution in [0.4, 0.5) is 5.69 Å². The molecule has 3 aromatic rings. The molecule has 3 N–H and O–H groups in total. The first-order valence-corrected chi connectivity index (χ1v) is 18.9. The third-order valence-electron chi connectivity index (χ3n) is 10.8. The number of sulfonamides is 1. The fraction of sp³-hybridized carbons (Fsp3) is 0.556. The molecule has 0 unspecified atom stereocenters. The first-order chi connectivity index (χ1) is 23.9. The third-order valence-corrected chi connectivity index (χ3v) is 12.2. The number of nitrogens with zero attached hydrogens (tertiary/aromatic N) is 3. The number of hydrogen-bond donors (Lipinski definition) is 2. The second-order valence-corrected chi connectivity index (χ2v) is 17.6. The van der Waals surface area contributed by atoms with Gasteiger partial charge in [0.25, 0.3) is 0 Å². The van der Waals surface area contributed by atoms with Crippen LogP contribution in [-0.2, 0) is 48.4 Å². The number of carbonyl (C=O) groups is 2. The topological polar surface area (TPSA) is 174 Å². The lowest BCUT2D eigenvalue weighted by Gasteiger charge is -2.64. The monoisotopic (exact) mass is 721 g/mol. The zero-order valence-corrected chi connectivity index (χ0v) is 31.2. The van der Waals surface area contributed by atoms with Crippen LogP contribution in [0.25, 0.3) is 0 Å². The van der Waals surface area contributed by atoms with E-state index in [0.29, 0.717) is 41.0 Å². The van der Waals surface area contributed by atoms with Crippen LogP contribution < -0.4 is 15.2 Å². The largest absolute Gasteiger partial charge is 0.496 e. The maximum atomic E-state index is 13.7. The van der Waals surface area contributed by atoms with Gasteiger partial charge < -0.3 is 24.5 Å². The summed E-state index contributed by atoms with van der Waals surface area (Å²) in [6.07, 6.45) is 3.88. The fourth-order valence-electron chi connectivity index (χ4n) is 8.06. The van der Waals surface area contributed by atoms with Gasteiger partial charge in [-0.25, -0.2) is 22.6 Å². The van der Waals surface area contributed by atoms with E-state index in [1.165, 1.54) is 36.1 Å². The van der Waals surface area contributed by atoms with Crippen LogP contribution in [-0.4, -0.2) is 66.7 Å². The van der Waals surface area contributed by atoms with Crippen LogP contribution in [0.1, 0.15) is 82.4 Å². The van der Waals surface area contributed by atoms with Crippen LogP contribution >= 0.6 is 0 Å². The number of aromatic nitrogens is 3. The van der Waals surface area contributed by atoms with Crippen molar-refractivity contribution >= 4 is 34.6 Å². The van der Waals surface area contributed by atoms with Crippen molar-refractivity contribution in [3.05, 3.63) is 65.5 Å². The van der Waals surface area contributed by atoms with Gasteiger partial charge in [-0.15, -0.1) is 5.10 Å². The van der Waals surface area contributed by atoms with E-state index in [1.54, 1.807) is 18.3 Å². The summed E-state index contributed by atoms with van der Waals surface area (Å²) in [6, 6.07) is 11.2. The maximum absolute atomic E-state index is 13.7. The van der Waals surface area contributed by atoms with Gasteiger partial charge in [-0.1, -0.05) is 31.2 Å². The Morgan fingerprint density at radius 2 is 1.86 bits per heavy atom. The van der Waals surface area contributed by atoms with Gasteiger partial charge in [0, 0.05) is 17.9 Å². The molecule has 274 valence electrons. The number of Topliss-reactive ketones (excluding diaryl/α,β-unsaturated/α-hetero) is 1. The van der Waals surface area contributed by atoms with Crippen molar-refractivity contribution in [1.82, 2.24) is 19.7 Å². The lowest BCUT2D eigenvalue weighted by molar-refractivity contribution is -0.199. The molecule has 13 nitrogen and oxygen atoms in total. The number of benzene rings is 2. The van der Waals surface area contributed by atoms with Gasteiger partial charge in [-0.3, -0.25) is 4.79 Å². The normalized spacial score (nSPS) is 24.4. The Bertz CT molecular complexity index is 1890. The number of nitrogens with one attached hydrogen (secondary N) is 1. The molecule has 2 heterocycles. The number of nitrogen functional groups attached to an aromatic ring is 1. The lowest BCUT2D eigenvalue weighted by Crippen LogP contribution is -2.65. The molecule has 0 radical (unpaired) electrons. The summed E-state index contributed by atoms with van der Waals surface area (Å²) in [5, 5.41) is 8.15. The average molecular weight is 722 g/mol. The van der Waals surface area contributed by atoms with Gasteiger partial charge >= 0.3 is 13.1 Å². The first kappa shape index (κ1) is 37.0. The van der Waals surface area contributed by atoms with E-state index >= 15 is 0 Å². The Morgan fingerprint density at radius 3 is 2.53 bits per heavy atom. The van der Waals surface area contributed by atoms with E-state index in [0.717, 1.165) is 18.4 Å². The number of hydrogen-bond acceptors (Lipinski definition) is 11. The standard InChI is InChI=1S/C36H48BN5O8S/c1-34(2,3)48-33(44)29-10-8-9-22(32(29)47-7)15-24(37-49-31-17-23-16-30(35(23,4)5)36(31,6)50-37)18-27(43)21-42-20-26(40-41-42)19-39-51(45,46)28-13-11-25(38)12-14-28/h8-14,20,23-24,30-31,39H,15-19,21,38H2,1-7H3/t23-,24+,30-,31+,36-/m0/s1. The quantitative estimate of drug-likeness (QED) is 0.143. The molecular weight excluding hydrogens is 673 g/mol. The molecule has 4 aliphatic rings. The van der Waals surface area contributed by atoms with Crippen molar-refractivity contribution in [2.24, 2.45) is 17.3 Å². The minimum atomic E-state index is -3.81. The van der Waals surface area contributed by atoms with E-state index in [1.807, 2.05) is 26.8 Å². The highest BCUT2D eigenvalue weighted by molar-refractivity contribution is 7.89. The van der Waals surface area contributed by atoms with E-state index < -0.39 is 40.1 Å². The molecule has 0 spiro atoms. The molecule has 0 amide bonds. The summed E-state index contributed by atoms with van der Waals surface area (Å²) >= 11 is 0. The summed E-state index contributed by atoms with van der Waals surface area (Å²) < 4.78 is 54.3. The summed E-state index contributed by atoms with van der Waals surface area (Å²) in [7, 11) is -2.96. The summed E-state index contributed by atoms with van der Waals surface area (Å²) in [5.74, 6) is 0.227. The molecule has 1 aromatic heterocycles. The Balaban J connectivity index is 1.19. The highest BCUT2D eigenvalue weighted by Gasteiger charge is 2.68. The van der Waals surface area contributed by atoms with Crippen molar-refractivity contribution in [3.8, 4) is 5.75 Å². The Morgan fingerprint density at radius 1 is 1.14 bits per heavy atom. The number of anilines is 1. The molecular formula is C36H48BN5O8S. The molecule has 1 saturated heterocycles. The number of rotatable bonds is 13. The molecule has 4 fully saturated rings. The molecule has 3 saturated carbocycles. The number of esters is 1. The van der Waals surface area contributed by atoms with Gasteiger partial charge in [0.15, 0.2) is 5.78 Å². The number of para-hydroxylation sites is 1. The lowest BCUT2D eigenvalue weighted by atomic mass is 9.43. The number of methoxy groups -OCH3 is 1. The highest BCUT2D eigenvalue weighted by Crippen LogP contribution is 2.66. The molecule has 5 atom stereocenters. The Kier molecular flexibility index (Phi) is 9.90. The van der Waals surface area contributed by atoms with Gasteiger partial charge in [0.05, 0.1) is 42.1 Å². The van der Waals surface area contributed by atoms with Crippen molar-refractivity contribution in [2.45, 2.75) is 108 Å². The highest BCUT2D eigenvalue weighted by atomic mass is 32.2. The zero-order chi connectivity index (χ0) is 36.9.